The lowest BCUT2D eigenvalue weighted by molar-refractivity contribution is -0.143. The standard InChI is InChI=1S/C22H33N3O4/c1-6-22(5,24-20(28)29-21(2,3)4)19(27)25-14-10-13-17(25)18(26)23-15-16-11-8-7-9-12-16/h7-9,11-12,17H,6,10,13-15H2,1-5H3,(H,23,26)(H,24,28)/t17-,22+/m0/s1. The van der Waals surface area contributed by atoms with Gasteiger partial charge in [-0.3, -0.25) is 9.59 Å². The van der Waals surface area contributed by atoms with Gasteiger partial charge in [0, 0.05) is 13.1 Å². The Morgan fingerprint density at radius 3 is 2.38 bits per heavy atom. The number of likely N-dealkylation sites (tertiary alicyclic amines) is 1. The third-order valence-electron chi connectivity index (χ3n) is 5.08. The molecule has 0 unspecified atom stereocenters. The molecule has 1 aliphatic heterocycles. The molecule has 0 spiro atoms. The first-order valence-corrected chi connectivity index (χ1v) is 10.2. The summed E-state index contributed by atoms with van der Waals surface area (Å²) < 4.78 is 5.31. The Morgan fingerprint density at radius 2 is 1.79 bits per heavy atom. The van der Waals surface area contributed by atoms with Crippen LogP contribution in [0.15, 0.2) is 30.3 Å². The molecule has 0 radical (unpaired) electrons. The Kier molecular flexibility index (Phi) is 7.27. The van der Waals surface area contributed by atoms with Gasteiger partial charge in [0.05, 0.1) is 0 Å². The number of carbonyl (C=O) groups excluding carboxylic acids is 3. The number of rotatable bonds is 6. The highest BCUT2D eigenvalue weighted by Gasteiger charge is 2.43. The second-order valence-electron chi connectivity index (χ2n) is 8.67. The van der Waals surface area contributed by atoms with Crippen LogP contribution in [-0.2, 0) is 20.9 Å². The maximum Gasteiger partial charge on any atom is 0.408 e. The van der Waals surface area contributed by atoms with Gasteiger partial charge in [-0.05, 0) is 52.5 Å². The molecule has 2 rings (SSSR count). The van der Waals surface area contributed by atoms with Crippen molar-refractivity contribution in [1.82, 2.24) is 15.5 Å². The van der Waals surface area contributed by atoms with Crippen molar-refractivity contribution in [3.05, 3.63) is 35.9 Å². The molecule has 1 aromatic carbocycles. The summed E-state index contributed by atoms with van der Waals surface area (Å²) in [5.41, 5.74) is -0.790. The number of alkyl carbamates (subject to hydrolysis) is 1. The molecule has 1 aromatic rings. The SMILES string of the molecule is CC[C@@](C)(NC(=O)OC(C)(C)C)C(=O)N1CCC[C@H]1C(=O)NCc1ccccc1. The van der Waals surface area contributed by atoms with Crippen molar-refractivity contribution in [2.75, 3.05) is 6.54 Å². The van der Waals surface area contributed by atoms with Gasteiger partial charge in [0.1, 0.15) is 17.2 Å². The summed E-state index contributed by atoms with van der Waals surface area (Å²) in [6.07, 6.45) is 1.11. The van der Waals surface area contributed by atoms with Gasteiger partial charge in [-0.2, -0.15) is 0 Å². The average Bonchev–Trinajstić information content (AvgIpc) is 3.14. The summed E-state index contributed by atoms with van der Waals surface area (Å²) in [4.78, 5) is 39.8. The minimum atomic E-state index is -1.13. The summed E-state index contributed by atoms with van der Waals surface area (Å²) in [6, 6.07) is 9.11. The summed E-state index contributed by atoms with van der Waals surface area (Å²) in [5.74, 6) is -0.432. The van der Waals surface area contributed by atoms with Gasteiger partial charge in [-0.15, -0.1) is 0 Å². The molecule has 3 amide bonds. The van der Waals surface area contributed by atoms with Gasteiger partial charge in [0.2, 0.25) is 11.8 Å². The molecule has 0 bridgehead atoms. The van der Waals surface area contributed by atoms with Crippen LogP contribution >= 0.6 is 0 Å². The quantitative estimate of drug-likeness (QED) is 0.764. The van der Waals surface area contributed by atoms with Crippen molar-refractivity contribution in [1.29, 1.82) is 0 Å². The first-order valence-electron chi connectivity index (χ1n) is 10.2. The molecular weight excluding hydrogens is 370 g/mol. The molecule has 0 aromatic heterocycles. The van der Waals surface area contributed by atoms with E-state index >= 15 is 0 Å². The molecule has 7 heteroatoms. The van der Waals surface area contributed by atoms with Crippen LogP contribution in [0.4, 0.5) is 4.79 Å². The van der Waals surface area contributed by atoms with Crippen LogP contribution in [0.3, 0.4) is 0 Å². The molecule has 1 aliphatic rings. The van der Waals surface area contributed by atoms with Gasteiger partial charge in [0.25, 0.3) is 0 Å². The molecule has 29 heavy (non-hydrogen) atoms. The number of carbonyl (C=O) groups is 3. The van der Waals surface area contributed by atoms with E-state index in [0.29, 0.717) is 25.9 Å². The zero-order valence-corrected chi connectivity index (χ0v) is 18.1. The van der Waals surface area contributed by atoms with Gasteiger partial charge >= 0.3 is 6.09 Å². The number of benzene rings is 1. The van der Waals surface area contributed by atoms with Gasteiger partial charge in [-0.1, -0.05) is 37.3 Å². The van der Waals surface area contributed by atoms with E-state index in [9.17, 15) is 14.4 Å². The third kappa shape index (κ3) is 6.21. The first-order chi connectivity index (χ1) is 13.6. The molecule has 1 heterocycles. The van der Waals surface area contributed by atoms with E-state index in [1.807, 2.05) is 37.3 Å². The fourth-order valence-electron chi connectivity index (χ4n) is 3.32. The Bertz CT molecular complexity index is 729. The van der Waals surface area contributed by atoms with E-state index in [4.69, 9.17) is 4.74 Å². The summed E-state index contributed by atoms with van der Waals surface area (Å²) >= 11 is 0. The predicted octanol–water partition coefficient (Wildman–Crippen LogP) is 2.99. The minimum absolute atomic E-state index is 0.171. The minimum Gasteiger partial charge on any atom is -0.444 e. The fraction of sp³-hybridized carbons (Fsp3) is 0.591. The van der Waals surface area contributed by atoms with Crippen molar-refractivity contribution in [2.45, 2.75) is 77.6 Å². The maximum absolute atomic E-state index is 13.3. The molecule has 7 nitrogen and oxygen atoms in total. The Morgan fingerprint density at radius 1 is 1.14 bits per heavy atom. The van der Waals surface area contributed by atoms with Crippen molar-refractivity contribution < 1.29 is 19.1 Å². The average molecular weight is 404 g/mol. The van der Waals surface area contributed by atoms with Crippen LogP contribution in [0.2, 0.25) is 0 Å². The van der Waals surface area contributed by atoms with E-state index in [0.717, 1.165) is 12.0 Å². The number of hydrogen-bond acceptors (Lipinski definition) is 4. The molecule has 0 aliphatic carbocycles. The summed E-state index contributed by atoms with van der Waals surface area (Å²) in [6.45, 7) is 9.72. The zero-order chi connectivity index (χ0) is 21.7. The van der Waals surface area contributed by atoms with Crippen molar-refractivity contribution >= 4 is 17.9 Å². The lowest BCUT2D eigenvalue weighted by atomic mass is 9.96. The van der Waals surface area contributed by atoms with Crippen LogP contribution in [0.5, 0.6) is 0 Å². The van der Waals surface area contributed by atoms with Gasteiger partial charge < -0.3 is 20.3 Å². The van der Waals surface area contributed by atoms with Gasteiger partial charge in [0.15, 0.2) is 0 Å². The lowest BCUT2D eigenvalue weighted by Crippen LogP contribution is -2.60. The van der Waals surface area contributed by atoms with Crippen LogP contribution < -0.4 is 10.6 Å². The summed E-state index contributed by atoms with van der Waals surface area (Å²) in [7, 11) is 0. The Labute approximate surface area is 173 Å². The first kappa shape index (κ1) is 22.7. The van der Waals surface area contributed by atoms with E-state index in [-0.39, 0.29) is 11.8 Å². The molecule has 0 saturated carbocycles. The highest BCUT2D eigenvalue weighted by atomic mass is 16.6. The zero-order valence-electron chi connectivity index (χ0n) is 18.1. The van der Waals surface area contributed by atoms with Crippen LogP contribution in [-0.4, -0.2) is 46.5 Å². The second-order valence-corrected chi connectivity index (χ2v) is 8.67. The maximum atomic E-state index is 13.3. The molecule has 2 N–H and O–H groups in total. The highest BCUT2D eigenvalue weighted by molar-refractivity contribution is 5.94. The number of ether oxygens (including phenoxy) is 1. The van der Waals surface area contributed by atoms with Crippen molar-refractivity contribution in [2.24, 2.45) is 0 Å². The number of nitrogens with one attached hydrogen (secondary N) is 2. The monoisotopic (exact) mass is 403 g/mol. The van der Waals surface area contributed by atoms with E-state index in [1.54, 1.807) is 32.6 Å². The molecular formula is C22H33N3O4. The lowest BCUT2D eigenvalue weighted by Gasteiger charge is -2.35. The number of nitrogens with zero attached hydrogens (tertiary/aromatic N) is 1. The molecule has 1 saturated heterocycles. The molecule has 2 atom stereocenters. The largest absolute Gasteiger partial charge is 0.444 e. The highest BCUT2D eigenvalue weighted by Crippen LogP contribution is 2.24. The Balaban J connectivity index is 2.04. The second kappa shape index (κ2) is 9.29. The van der Waals surface area contributed by atoms with Crippen LogP contribution in [0, 0.1) is 0 Å². The third-order valence-corrected chi connectivity index (χ3v) is 5.08. The van der Waals surface area contributed by atoms with E-state index < -0.39 is 23.3 Å². The number of amides is 3. The predicted molar refractivity (Wildman–Crippen MR) is 111 cm³/mol. The van der Waals surface area contributed by atoms with Gasteiger partial charge in [-0.25, -0.2) is 4.79 Å². The smallest absolute Gasteiger partial charge is 0.408 e. The molecule has 1 fully saturated rings. The van der Waals surface area contributed by atoms with Crippen molar-refractivity contribution in [3.8, 4) is 0 Å². The normalized spacial score (nSPS) is 18.7. The fourth-order valence-corrected chi connectivity index (χ4v) is 3.32. The topological polar surface area (TPSA) is 87.7 Å². The number of hydrogen-bond donors (Lipinski definition) is 2. The van der Waals surface area contributed by atoms with E-state index in [1.165, 1.54) is 0 Å². The van der Waals surface area contributed by atoms with Crippen LogP contribution in [0.25, 0.3) is 0 Å². The van der Waals surface area contributed by atoms with Crippen molar-refractivity contribution in [3.63, 3.8) is 0 Å². The van der Waals surface area contributed by atoms with Crippen LogP contribution in [0.1, 0.15) is 59.4 Å². The molecule has 160 valence electrons. The van der Waals surface area contributed by atoms with E-state index in [2.05, 4.69) is 10.6 Å². The Hall–Kier alpha value is -2.57. The summed E-state index contributed by atoms with van der Waals surface area (Å²) in [5, 5.41) is 5.63.